The molecule has 1 aliphatic heterocycles. The zero-order valence-electron chi connectivity index (χ0n) is 9.84. The summed E-state index contributed by atoms with van der Waals surface area (Å²) in [6.07, 6.45) is 2.09. The summed E-state index contributed by atoms with van der Waals surface area (Å²) in [7, 11) is -1.36. The Bertz CT molecular complexity index is 573. The Hall–Kier alpha value is -0.950. The molecule has 0 saturated carbocycles. The van der Waals surface area contributed by atoms with Gasteiger partial charge in [-0.25, -0.2) is 13.4 Å². The number of carbonyl (C=O) groups is 1. The first-order valence-corrected chi connectivity index (χ1v) is 8.10. The molecule has 1 amide bonds. The van der Waals surface area contributed by atoms with Crippen molar-refractivity contribution in [3.8, 4) is 0 Å². The maximum atomic E-state index is 12.2. The fourth-order valence-corrected chi connectivity index (χ4v) is 4.18. The standard InChI is InChI=1S/C11H13BrN2O3S/c1-14(8-4-6-18(16,17)7-8)11(15)9-3-2-5-13-10(9)12/h2-3,5,8H,4,6-7H2,1H3. The lowest BCUT2D eigenvalue weighted by Gasteiger charge is -2.23. The molecule has 1 aromatic rings. The summed E-state index contributed by atoms with van der Waals surface area (Å²) in [5.74, 6) is -0.00606. The SMILES string of the molecule is CN(C(=O)c1cccnc1Br)C1CCS(=O)(=O)C1. The van der Waals surface area contributed by atoms with Crippen LogP contribution in [0.4, 0.5) is 0 Å². The number of rotatable bonds is 2. The largest absolute Gasteiger partial charge is 0.338 e. The molecule has 1 unspecified atom stereocenters. The molecule has 1 atom stereocenters. The minimum atomic E-state index is -2.99. The van der Waals surface area contributed by atoms with Gasteiger partial charge in [-0.1, -0.05) is 0 Å². The van der Waals surface area contributed by atoms with Gasteiger partial charge in [0, 0.05) is 19.3 Å². The highest BCUT2D eigenvalue weighted by molar-refractivity contribution is 9.10. The summed E-state index contributed by atoms with van der Waals surface area (Å²) in [5.41, 5.74) is 0.448. The summed E-state index contributed by atoms with van der Waals surface area (Å²) in [6, 6.07) is 3.10. The molecule has 98 valence electrons. The minimum Gasteiger partial charge on any atom is -0.338 e. The lowest BCUT2D eigenvalue weighted by molar-refractivity contribution is 0.0746. The van der Waals surface area contributed by atoms with E-state index in [-0.39, 0.29) is 23.5 Å². The second kappa shape index (κ2) is 4.97. The molecule has 0 bridgehead atoms. The molecule has 18 heavy (non-hydrogen) atoms. The van der Waals surface area contributed by atoms with Crippen molar-refractivity contribution in [1.82, 2.24) is 9.88 Å². The lowest BCUT2D eigenvalue weighted by atomic mass is 10.2. The molecule has 1 saturated heterocycles. The minimum absolute atomic E-state index is 0.0487. The predicted molar refractivity (Wildman–Crippen MR) is 71.1 cm³/mol. The van der Waals surface area contributed by atoms with Gasteiger partial charge in [-0.2, -0.15) is 0 Å². The van der Waals surface area contributed by atoms with Crippen LogP contribution in [-0.4, -0.2) is 48.8 Å². The van der Waals surface area contributed by atoms with Crippen molar-refractivity contribution in [1.29, 1.82) is 0 Å². The van der Waals surface area contributed by atoms with Crippen molar-refractivity contribution in [2.75, 3.05) is 18.6 Å². The first-order valence-electron chi connectivity index (χ1n) is 5.49. The number of nitrogens with zero attached hydrogens (tertiary/aromatic N) is 2. The molecule has 2 rings (SSSR count). The molecule has 2 heterocycles. The van der Waals surface area contributed by atoms with E-state index in [4.69, 9.17) is 0 Å². The average molecular weight is 333 g/mol. The molecule has 7 heteroatoms. The molecular weight excluding hydrogens is 320 g/mol. The molecule has 5 nitrogen and oxygen atoms in total. The quantitative estimate of drug-likeness (QED) is 0.760. The van der Waals surface area contributed by atoms with Crippen LogP contribution in [-0.2, 0) is 9.84 Å². The molecule has 1 aromatic heterocycles. The van der Waals surface area contributed by atoms with Crippen LogP contribution in [0.2, 0.25) is 0 Å². The summed E-state index contributed by atoms with van der Waals surface area (Å²) in [4.78, 5) is 17.7. The molecule has 1 aliphatic rings. The van der Waals surface area contributed by atoms with Crippen LogP contribution < -0.4 is 0 Å². The van der Waals surface area contributed by atoms with Crippen LogP contribution in [0, 0.1) is 0 Å². The molecule has 1 fully saturated rings. The van der Waals surface area contributed by atoms with E-state index in [1.807, 2.05) is 0 Å². The molecule has 0 radical (unpaired) electrons. The Labute approximate surface area is 114 Å². The second-order valence-corrected chi connectivity index (χ2v) is 7.29. The predicted octanol–water partition coefficient (Wildman–Crippen LogP) is 1.10. The van der Waals surface area contributed by atoms with E-state index >= 15 is 0 Å². The number of pyridine rings is 1. The van der Waals surface area contributed by atoms with Crippen LogP contribution in [0.15, 0.2) is 22.9 Å². The van der Waals surface area contributed by atoms with Crippen LogP contribution >= 0.6 is 15.9 Å². The Morgan fingerprint density at radius 2 is 2.28 bits per heavy atom. The molecule has 0 aliphatic carbocycles. The topological polar surface area (TPSA) is 67.3 Å². The van der Waals surface area contributed by atoms with Crippen LogP contribution in [0.3, 0.4) is 0 Å². The Morgan fingerprint density at radius 3 is 2.83 bits per heavy atom. The first kappa shape index (κ1) is 13.5. The highest BCUT2D eigenvalue weighted by Gasteiger charge is 2.33. The molecule has 0 aromatic carbocycles. The highest BCUT2D eigenvalue weighted by Crippen LogP contribution is 2.21. The van der Waals surface area contributed by atoms with Gasteiger partial charge in [-0.3, -0.25) is 4.79 Å². The van der Waals surface area contributed by atoms with E-state index < -0.39 is 9.84 Å². The summed E-state index contributed by atoms with van der Waals surface area (Å²) < 4.78 is 23.3. The van der Waals surface area contributed by atoms with Gasteiger partial charge in [-0.05, 0) is 34.5 Å². The number of aromatic nitrogens is 1. The normalized spacial score (nSPS) is 21.8. The zero-order valence-corrected chi connectivity index (χ0v) is 12.2. The Balaban J connectivity index is 2.18. The summed E-state index contributed by atoms with van der Waals surface area (Å²) >= 11 is 3.22. The second-order valence-electron chi connectivity index (χ2n) is 4.31. The van der Waals surface area contributed by atoms with Gasteiger partial charge in [-0.15, -0.1) is 0 Å². The van der Waals surface area contributed by atoms with Crippen molar-refractivity contribution in [3.63, 3.8) is 0 Å². The number of halogens is 1. The van der Waals surface area contributed by atoms with Crippen molar-refractivity contribution in [2.45, 2.75) is 12.5 Å². The lowest BCUT2D eigenvalue weighted by Crippen LogP contribution is -2.38. The van der Waals surface area contributed by atoms with Crippen molar-refractivity contribution >= 4 is 31.7 Å². The van der Waals surface area contributed by atoms with E-state index in [0.717, 1.165) is 0 Å². The number of carbonyl (C=O) groups excluding carboxylic acids is 1. The number of hydrogen-bond donors (Lipinski definition) is 0. The third-order valence-electron chi connectivity index (χ3n) is 3.07. The summed E-state index contributed by atoms with van der Waals surface area (Å²) in [5, 5.41) is 0. The van der Waals surface area contributed by atoms with E-state index in [1.54, 1.807) is 25.4 Å². The van der Waals surface area contributed by atoms with Crippen LogP contribution in [0.1, 0.15) is 16.8 Å². The van der Waals surface area contributed by atoms with Gasteiger partial charge in [0.05, 0.1) is 17.1 Å². The summed E-state index contributed by atoms with van der Waals surface area (Å²) in [6.45, 7) is 0. The average Bonchev–Trinajstić information content (AvgIpc) is 2.68. The maximum absolute atomic E-state index is 12.2. The zero-order chi connectivity index (χ0) is 13.3. The smallest absolute Gasteiger partial charge is 0.256 e. The molecule has 0 N–H and O–H groups in total. The third kappa shape index (κ3) is 2.72. The van der Waals surface area contributed by atoms with Gasteiger partial charge in [0.2, 0.25) is 0 Å². The Kier molecular flexibility index (Phi) is 3.72. The van der Waals surface area contributed by atoms with Gasteiger partial charge in [0.15, 0.2) is 9.84 Å². The van der Waals surface area contributed by atoms with Crippen molar-refractivity contribution in [2.24, 2.45) is 0 Å². The monoisotopic (exact) mass is 332 g/mol. The van der Waals surface area contributed by atoms with Gasteiger partial charge in [0.25, 0.3) is 5.91 Å². The molecule has 0 spiro atoms. The van der Waals surface area contributed by atoms with E-state index in [0.29, 0.717) is 16.6 Å². The van der Waals surface area contributed by atoms with Crippen LogP contribution in [0.5, 0.6) is 0 Å². The maximum Gasteiger partial charge on any atom is 0.256 e. The van der Waals surface area contributed by atoms with Crippen molar-refractivity contribution < 1.29 is 13.2 Å². The van der Waals surface area contributed by atoms with Gasteiger partial charge >= 0.3 is 0 Å². The molecular formula is C11H13BrN2O3S. The fourth-order valence-electron chi connectivity index (χ4n) is 1.98. The van der Waals surface area contributed by atoms with Gasteiger partial charge in [0.1, 0.15) is 4.60 Å². The first-order chi connectivity index (χ1) is 8.41. The van der Waals surface area contributed by atoms with E-state index in [2.05, 4.69) is 20.9 Å². The number of hydrogen-bond acceptors (Lipinski definition) is 4. The Morgan fingerprint density at radius 1 is 1.56 bits per heavy atom. The van der Waals surface area contributed by atoms with E-state index in [1.165, 1.54) is 4.90 Å². The third-order valence-corrected chi connectivity index (χ3v) is 5.45. The van der Waals surface area contributed by atoms with Gasteiger partial charge < -0.3 is 4.90 Å². The number of sulfone groups is 1. The van der Waals surface area contributed by atoms with E-state index in [9.17, 15) is 13.2 Å². The highest BCUT2D eigenvalue weighted by atomic mass is 79.9. The number of amides is 1. The van der Waals surface area contributed by atoms with Crippen LogP contribution in [0.25, 0.3) is 0 Å². The van der Waals surface area contributed by atoms with Crippen molar-refractivity contribution in [3.05, 3.63) is 28.5 Å². The fraction of sp³-hybridized carbons (Fsp3) is 0.455.